The van der Waals surface area contributed by atoms with Crippen molar-refractivity contribution in [2.75, 3.05) is 0 Å². The van der Waals surface area contributed by atoms with Crippen LogP contribution in [0.4, 0.5) is 4.39 Å². The van der Waals surface area contributed by atoms with E-state index in [1.807, 2.05) is 0 Å². The van der Waals surface area contributed by atoms with Gasteiger partial charge in [-0.15, -0.1) is 0 Å². The Kier molecular flexibility index (Phi) is 2.67. The normalized spacial score (nSPS) is 9.67. The van der Waals surface area contributed by atoms with E-state index >= 15 is 0 Å². The lowest BCUT2D eigenvalue weighted by Crippen LogP contribution is -2.20. The first-order valence-corrected chi connectivity index (χ1v) is 3.38. The van der Waals surface area contributed by atoms with Gasteiger partial charge in [-0.25, -0.2) is 4.39 Å². The maximum atomic E-state index is 12.8. The molecule has 2 N–H and O–H groups in total. The highest BCUT2D eigenvalue weighted by molar-refractivity contribution is 6.33. The summed E-state index contributed by atoms with van der Waals surface area (Å²) in [6, 6.07) is 4.04. The third kappa shape index (κ3) is 2.22. The van der Waals surface area contributed by atoms with Gasteiger partial charge in [0, 0.05) is 6.07 Å². The summed E-state index contributed by atoms with van der Waals surface area (Å²) in [6.07, 6.45) is 0. The number of hydrogen-bond donors (Lipinski definition) is 2. The monoisotopic (exact) mass is 170 g/mol. The van der Waals surface area contributed by atoms with Crippen molar-refractivity contribution in [3.63, 3.8) is 0 Å². The third-order valence-corrected chi connectivity index (χ3v) is 1.38. The van der Waals surface area contributed by atoms with Crippen LogP contribution in [0.15, 0.2) is 18.2 Å². The highest BCUT2D eigenvalue weighted by Gasteiger charge is 2.11. The molecule has 1 aromatic carbocycles. The summed E-state index contributed by atoms with van der Waals surface area (Å²) in [5.41, 5.74) is 0.481. The summed E-state index contributed by atoms with van der Waals surface area (Å²) < 4.78 is 17.2. The summed E-state index contributed by atoms with van der Waals surface area (Å²) in [6.45, 7) is 1.61. The lowest BCUT2D eigenvalue weighted by molar-refractivity contribution is 0.287. The van der Waals surface area contributed by atoms with Gasteiger partial charge in [-0.2, -0.15) is 0 Å². The van der Waals surface area contributed by atoms with Crippen molar-refractivity contribution in [2.45, 2.75) is 6.92 Å². The van der Waals surface area contributed by atoms with Crippen LogP contribution in [-0.4, -0.2) is 17.4 Å². The SMILES string of the molecule is Cc1ccc(OB(O)O)cc1F. The Labute approximate surface area is 69.6 Å². The van der Waals surface area contributed by atoms with Crippen LogP contribution in [0.3, 0.4) is 0 Å². The van der Waals surface area contributed by atoms with Crippen LogP contribution in [0.25, 0.3) is 0 Å². The summed E-state index contributed by atoms with van der Waals surface area (Å²) in [5, 5.41) is 16.8. The summed E-state index contributed by atoms with van der Waals surface area (Å²) in [4.78, 5) is 0. The van der Waals surface area contributed by atoms with E-state index in [0.717, 1.165) is 6.07 Å². The maximum Gasteiger partial charge on any atom is 0.707 e. The van der Waals surface area contributed by atoms with Crippen molar-refractivity contribution in [1.29, 1.82) is 0 Å². The quantitative estimate of drug-likeness (QED) is 0.634. The van der Waals surface area contributed by atoms with Crippen molar-refractivity contribution in [3.05, 3.63) is 29.6 Å². The van der Waals surface area contributed by atoms with Gasteiger partial charge in [0.15, 0.2) is 0 Å². The Morgan fingerprint density at radius 3 is 2.58 bits per heavy atom. The number of benzene rings is 1. The minimum absolute atomic E-state index is 0.0908. The van der Waals surface area contributed by atoms with Crippen LogP contribution in [0.2, 0.25) is 0 Å². The first-order chi connectivity index (χ1) is 5.59. The highest BCUT2D eigenvalue weighted by atomic mass is 19.1. The zero-order valence-electron chi connectivity index (χ0n) is 6.49. The van der Waals surface area contributed by atoms with Gasteiger partial charge in [-0.05, 0) is 18.6 Å². The zero-order valence-corrected chi connectivity index (χ0v) is 6.49. The Bertz CT molecular complexity index is 277. The van der Waals surface area contributed by atoms with Crippen LogP contribution in [0, 0.1) is 12.7 Å². The molecular formula is C7H8BFO3. The predicted octanol–water partition coefficient (Wildman–Crippen LogP) is 0.482. The highest BCUT2D eigenvalue weighted by Crippen LogP contribution is 2.15. The molecule has 0 saturated carbocycles. The standard InChI is InChI=1S/C7H8BFO3/c1-5-2-3-6(4-7(5)9)12-8(10)11/h2-4,10-11H,1H3. The van der Waals surface area contributed by atoms with E-state index in [0.29, 0.717) is 5.56 Å². The number of hydrogen-bond acceptors (Lipinski definition) is 3. The van der Waals surface area contributed by atoms with Gasteiger partial charge in [-0.3, -0.25) is 0 Å². The second kappa shape index (κ2) is 3.56. The van der Waals surface area contributed by atoms with Gasteiger partial charge in [0.2, 0.25) is 0 Å². The molecule has 0 unspecified atom stereocenters. The third-order valence-electron chi connectivity index (χ3n) is 1.38. The lowest BCUT2D eigenvalue weighted by Gasteiger charge is -2.04. The molecule has 0 fully saturated rings. The zero-order chi connectivity index (χ0) is 9.14. The van der Waals surface area contributed by atoms with Crippen LogP contribution in [0.5, 0.6) is 5.75 Å². The Hall–Kier alpha value is -1.07. The van der Waals surface area contributed by atoms with Crippen LogP contribution < -0.4 is 4.65 Å². The van der Waals surface area contributed by atoms with Crippen LogP contribution in [0.1, 0.15) is 5.56 Å². The van der Waals surface area contributed by atoms with Gasteiger partial charge in [0.25, 0.3) is 0 Å². The van der Waals surface area contributed by atoms with E-state index in [2.05, 4.69) is 4.65 Å². The van der Waals surface area contributed by atoms with E-state index in [4.69, 9.17) is 10.0 Å². The number of aryl methyl sites for hydroxylation is 1. The molecule has 0 spiro atoms. The average molecular weight is 170 g/mol. The fourth-order valence-corrected chi connectivity index (χ4v) is 0.769. The molecule has 5 heteroatoms. The van der Waals surface area contributed by atoms with Crippen molar-refractivity contribution < 1.29 is 19.1 Å². The number of rotatable bonds is 2. The van der Waals surface area contributed by atoms with Gasteiger partial charge in [0.1, 0.15) is 11.6 Å². The molecule has 0 saturated heterocycles. The Morgan fingerprint density at radius 1 is 1.42 bits per heavy atom. The molecule has 64 valence electrons. The molecule has 3 nitrogen and oxygen atoms in total. The molecule has 0 aliphatic heterocycles. The predicted molar refractivity (Wildman–Crippen MR) is 42.0 cm³/mol. The first-order valence-electron chi connectivity index (χ1n) is 3.38. The van der Waals surface area contributed by atoms with Crippen LogP contribution >= 0.6 is 0 Å². The van der Waals surface area contributed by atoms with Gasteiger partial charge in [0.05, 0.1) is 0 Å². The topological polar surface area (TPSA) is 49.7 Å². The van der Waals surface area contributed by atoms with Crippen molar-refractivity contribution in [3.8, 4) is 5.75 Å². The molecule has 0 amide bonds. The van der Waals surface area contributed by atoms with Gasteiger partial charge in [-0.1, -0.05) is 6.07 Å². The fraction of sp³-hybridized carbons (Fsp3) is 0.143. The lowest BCUT2D eigenvalue weighted by atomic mass is 10.2. The van der Waals surface area contributed by atoms with E-state index in [1.54, 1.807) is 6.92 Å². The molecule has 0 aromatic heterocycles. The Morgan fingerprint density at radius 2 is 2.08 bits per heavy atom. The van der Waals surface area contributed by atoms with Crippen molar-refractivity contribution >= 4 is 7.32 Å². The van der Waals surface area contributed by atoms with Crippen LogP contribution in [-0.2, 0) is 0 Å². The molecule has 1 rings (SSSR count). The van der Waals surface area contributed by atoms with E-state index < -0.39 is 13.1 Å². The molecular weight excluding hydrogens is 162 g/mol. The van der Waals surface area contributed by atoms with Gasteiger partial charge < -0.3 is 14.7 Å². The average Bonchev–Trinajstić information content (AvgIpc) is 1.96. The molecule has 0 heterocycles. The smallest absolute Gasteiger partial charge is 0.512 e. The van der Waals surface area contributed by atoms with Crippen molar-refractivity contribution in [2.24, 2.45) is 0 Å². The van der Waals surface area contributed by atoms with E-state index in [-0.39, 0.29) is 5.75 Å². The second-order valence-corrected chi connectivity index (χ2v) is 2.36. The van der Waals surface area contributed by atoms with E-state index in [1.165, 1.54) is 12.1 Å². The van der Waals surface area contributed by atoms with Gasteiger partial charge >= 0.3 is 7.32 Å². The second-order valence-electron chi connectivity index (χ2n) is 2.36. The number of halogens is 1. The maximum absolute atomic E-state index is 12.8. The minimum atomic E-state index is -1.91. The largest absolute Gasteiger partial charge is 0.707 e. The molecule has 1 aromatic rings. The summed E-state index contributed by atoms with van der Waals surface area (Å²) in [5.74, 6) is -0.346. The first kappa shape index (κ1) is 9.03. The molecule has 0 bridgehead atoms. The molecule has 0 radical (unpaired) electrons. The summed E-state index contributed by atoms with van der Waals surface area (Å²) in [7, 11) is -1.91. The van der Waals surface area contributed by atoms with Crippen molar-refractivity contribution in [1.82, 2.24) is 0 Å². The molecule has 0 aliphatic carbocycles. The summed E-state index contributed by atoms with van der Waals surface area (Å²) >= 11 is 0. The van der Waals surface area contributed by atoms with E-state index in [9.17, 15) is 4.39 Å². The molecule has 0 aliphatic rings. The molecule has 12 heavy (non-hydrogen) atoms. The fourth-order valence-electron chi connectivity index (χ4n) is 0.769. The molecule has 0 atom stereocenters. The Balaban J connectivity index is 2.82. The minimum Gasteiger partial charge on any atom is -0.512 e.